The van der Waals surface area contributed by atoms with E-state index in [2.05, 4.69) is 20.9 Å². The van der Waals surface area contributed by atoms with E-state index in [0.717, 1.165) is 0 Å². The Kier molecular flexibility index (Phi) is 3.21. The molecule has 0 atom stereocenters. The van der Waals surface area contributed by atoms with Gasteiger partial charge in [-0.25, -0.2) is 9.78 Å². The second-order valence-electron chi connectivity index (χ2n) is 2.85. The average molecular weight is 300 g/mol. The highest BCUT2D eigenvalue weighted by Gasteiger charge is 2.13. The summed E-state index contributed by atoms with van der Waals surface area (Å²) in [6.45, 7) is 0. The molecule has 0 spiro atoms. The Labute approximate surface area is 104 Å². The quantitative estimate of drug-likeness (QED) is 0.944. The molecule has 1 heterocycles. The predicted molar refractivity (Wildman–Crippen MR) is 63.3 cm³/mol. The summed E-state index contributed by atoms with van der Waals surface area (Å²) in [6.07, 6.45) is 1.60. The second kappa shape index (κ2) is 4.63. The summed E-state index contributed by atoms with van der Waals surface area (Å²) in [5.74, 6) is -0.751. The first kappa shape index (κ1) is 11.1. The number of hydrogen-bond donors (Lipinski definition) is 1. The van der Waals surface area contributed by atoms with Gasteiger partial charge in [0.2, 0.25) is 0 Å². The van der Waals surface area contributed by atoms with E-state index in [4.69, 9.17) is 9.84 Å². The van der Waals surface area contributed by atoms with Crippen LogP contribution < -0.4 is 4.74 Å². The molecule has 0 fully saturated rings. The highest BCUT2D eigenvalue weighted by molar-refractivity contribution is 9.10. The number of aromatic carboxylic acids is 1. The van der Waals surface area contributed by atoms with Gasteiger partial charge < -0.3 is 9.84 Å². The molecule has 4 nitrogen and oxygen atoms in total. The molecule has 0 aliphatic rings. The SMILES string of the molecule is O=C(O)c1cc(Br)ccc1Oc1nccs1. The average Bonchev–Trinajstić information content (AvgIpc) is 2.73. The van der Waals surface area contributed by atoms with Gasteiger partial charge in [-0.05, 0) is 18.2 Å². The highest BCUT2D eigenvalue weighted by Crippen LogP contribution is 2.29. The van der Waals surface area contributed by atoms with Crippen LogP contribution in [-0.4, -0.2) is 16.1 Å². The van der Waals surface area contributed by atoms with Crippen molar-refractivity contribution in [3.8, 4) is 10.9 Å². The van der Waals surface area contributed by atoms with Crippen LogP contribution in [0.5, 0.6) is 10.9 Å². The maximum absolute atomic E-state index is 11.0. The smallest absolute Gasteiger partial charge is 0.339 e. The lowest BCUT2D eigenvalue weighted by atomic mass is 10.2. The van der Waals surface area contributed by atoms with Crippen molar-refractivity contribution in [3.05, 3.63) is 39.8 Å². The molecule has 0 amide bonds. The van der Waals surface area contributed by atoms with Crippen LogP contribution in [0.15, 0.2) is 34.2 Å². The van der Waals surface area contributed by atoms with Gasteiger partial charge in [0.25, 0.3) is 5.19 Å². The van der Waals surface area contributed by atoms with E-state index in [1.54, 1.807) is 23.7 Å². The van der Waals surface area contributed by atoms with E-state index in [0.29, 0.717) is 9.67 Å². The summed E-state index contributed by atoms with van der Waals surface area (Å²) < 4.78 is 6.06. The molecule has 82 valence electrons. The van der Waals surface area contributed by atoms with Crippen molar-refractivity contribution >= 4 is 33.2 Å². The molecule has 0 unspecified atom stereocenters. The lowest BCUT2D eigenvalue weighted by Crippen LogP contribution is -1.99. The minimum absolute atomic E-state index is 0.101. The maximum Gasteiger partial charge on any atom is 0.339 e. The second-order valence-corrected chi connectivity index (χ2v) is 4.62. The molecule has 1 aromatic carbocycles. The van der Waals surface area contributed by atoms with Gasteiger partial charge in [-0.2, -0.15) is 0 Å². The third kappa shape index (κ3) is 2.40. The zero-order valence-corrected chi connectivity index (χ0v) is 10.3. The van der Waals surface area contributed by atoms with Crippen LogP contribution in [0, 0.1) is 0 Å². The van der Waals surface area contributed by atoms with E-state index in [1.807, 2.05) is 0 Å². The summed E-state index contributed by atoms with van der Waals surface area (Å²) in [5.41, 5.74) is 0.101. The summed E-state index contributed by atoms with van der Waals surface area (Å²) in [5, 5.41) is 11.2. The minimum Gasteiger partial charge on any atom is -0.478 e. The monoisotopic (exact) mass is 299 g/mol. The van der Waals surface area contributed by atoms with Crippen LogP contribution in [0.4, 0.5) is 0 Å². The van der Waals surface area contributed by atoms with Crippen LogP contribution in [0.25, 0.3) is 0 Å². The third-order valence-corrected chi connectivity index (χ3v) is 2.92. The number of ether oxygens (including phenoxy) is 1. The highest BCUT2D eigenvalue weighted by atomic mass is 79.9. The number of carbonyl (C=O) groups is 1. The summed E-state index contributed by atoms with van der Waals surface area (Å²) in [7, 11) is 0. The molecular weight excluding hydrogens is 294 g/mol. The van der Waals surface area contributed by atoms with Gasteiger partial charge >= 0.3 is 5.97 Å². The molecule has 16 heavy (non-hydrogen) atoms. The van der Waals surface area contributed by atoms with Crippen LogP contribution >= 0.6 is 27.3 Å². The standard InChI is InChI=1S/C10H6BrNO3S/c11-6-1-2-8(7(5-6)9(13)14)15-10-12-3-4-16-10/h1-5H,(H,13,14). The zero-order valence-electron chi connectivity index (χ0n) is 7.88. The lowest BCUT2D eigenvalue weighted by molar-refractivity contribution is 0.0694. The van der Waals surface area contributed by atoms with E-state index in [1.165, 1.54) is 17.4 Å². The number of nitrogens with zero attached hydrogens (tertiary/aromatic N) is 1. The number of aromatic nitrogens is 1. The molecule has 0 bridgehead atoms. The van der Waals surface area contributed by atoms with Crippen molar-refractivity contribution in [2.24, 2.45) is 0 Å². The first-order valence-corrected chi connectivity index (χ1v) is 5.94. The van der Waals surface area contributed by atoms with Crippen LogP contribution in [-0.2, 0) is 0 Å². The zero-order chi connectivity index (χ0) is 11.5. The fourth-order valence-electron chi connectivity index (χ4n) is 1.11. The van der Waals surface area contributed by atoms with Crippen LogP contribution in [0.2, 0.25) is 0 Å². The van der Waals surface area contributed by atoms with Crippen molar-refractivity contribution in [2.45, 2.75) is 0 Å². The number of rotatable bonds is 3. The van der Waals surface area contributed by atoms with Gasteiger partial charge in [0.1, 0.15) is 11.3 Å². The van der Waals surface area contributed by atoms with E-state index >= 15 is 0 Å². The minimum atomic E-state index is -1.03. The van der Waals surface area contributed by atoms with Gasteiger partial charge in [0.05, 0.1) is 0 Å². The normalized spacial score (nSPS) is 10.1. The number of carboxylic acids is 1. The molecule has 0 aliphatic heterocycles. The molecule has 0 saturated heterocycles. The van der Waals surface area contributed by atoms with Crippen molar-refractivity contribution in [1.29, 1.82) is 0 Å². The molecule has 1 aromatic heterocycles. The van der Waals surface area contributed by atoms with Crippen molar-refractivity contribution in [3.63, 3.8) is 0 Å². The number of halogens is 1. The molecule has 0 aliphatic carbocycles. The molecule has 1 N–H and O–H groups in total. The summed E-state index contributed by atoms with van der Waals surface area (Å²) in [6, 6.07) is 4.80. The molecule has 0 saturated carbocycles. The molecule has 2 aromatic rings. The van der Waals surface area contributed by atoms with E-state index in [-0.39, 0.29) is 11.3 Å². The van der Waals surface area contributed by atoms with Crippen LogP contribution in [0.3, 0.4) is 0 Å². The fraction of sp³-hybridized carbons (Fsp3) is 0. The Morgan fingerprint density at radius 1 is 1.50 bits per heavy atom. The van der Waals surface area contributed by atoms with Gasteiger partial charge in [-0.15, -0.1) is 0 Å². The number of carboxylic acid groups (broad SMARTS) is 1. The predicted octanol–water partition coefficient (Wildman–Crippen LogP) is 3.40. The van der Waals surface area contributed by atoms with E-state index in [9.17, 15) is 4.79 Å². The fourth-order valence-corrected chi connectivity index (χ4v) is 1.97. The first-order valence-electron chi connectivity index (χ1n) is 4.27. The number of benzene rings is 1. The van der Waals surface area contributed by atoms with Crippen molar-refractivity contribution in [2.75, 3.05) is 0 Å². The van der Waals surface area contributed by atoms with Gasteiger partial charge in [-0.1, -0.05) is 27.3 Å². The molecule has 0 radical (unpaired) electrons. The van der Waals surface area contributed by atoms with Gasteiger partial charge in [-0.3, -0.25) is 0 Å². The Morgan fingerprint density at radius 3 is 2.94 bits per heavy atom. The largest absolute Gasteiger partial charge is 0.478 e. The van der Waals surface area contributed by atoms with Gasteiger partial charge in [0.15, 0.2) is 0 Å². The number of thiazole rings is 1. The Morgan fingerprint density at radius 2 is 2.31 bits per heavy atom. The lowest BCUT2D eigenvalue weighted by Gasteiger charge is -2.05. The molecule has 6 heteroatoms. The van der Waals surface area contributed by atoms with E-state index < -0.39 is 5.97 Å². The van der Waals surface area contributed by atoms with Gasteiger partial charge in [0, 0.05) is 16.0 Å². The Bertz CT molecular complexity index is 513. The van der Waals surface area contributed by atoms with Crippen molar-refractivity contribution < 1.29 is 14.6 Å². The van der Waals surface area contributed by atoms with Crippen molar-refractivity contribution in [1.82, 2.24) is 4.98 Å². The molecule has 2 rings (SSSR count). The maximum atomic E-state index is 11.0. The Balaban J connectivity index is 2.36. The topological polar surface area (TPSA) is 59.4 Å². The number of hydrogen-bond acceptors (Lipinski definition) is 4. The first-order chi connectivity index (χ1) is 7.66. The van der Waals surface area contributed by atoms with Crippen LogP contribution in [0.1, 0.15) is 10.4 Å². The Hall–Kier alpha value is -1.40. The summed E-state index contributed by atoms with van der Waals surface area (Å²) in [4.78, 5) is 14.9. The molecular formula is C10H6BrNO3S. The summed E-state index contributed by atoms with van der Waals surface area (Å²) >= 11 is 4.52. The third-order valence-electron chi connectivity index (χ3n) is 1.78.